The molecule has 2 aromatic rings. The normalized spacial score (nSPS) is 11.7. The van der Waals surface area contributed by atoms with Gasteiger partial charge in [-0.2, -0.15) is 0 Å². The summed E-state index contributed by atoms with van der Waals surface area (Å²) in [6.45, 7) is 3.35. The molecule has 0 amide bonds. The van der Waals surface area contributed by atoms with Gasteiger partial charge in [0.05, 0.1) is 17.3 Å². The summed E-state index contributed by atoms with van der Waals surface area (Å²) in [5.74, 6) is 1.66. The van der Waals surface area contributed by atoms with Crippen LogP contribution in [0.1, 0.15) is 19.1 Å². The number of rotatable bonds is 9. The molecule has 2 N–H and O–H groups in total. The Morgan fingerprint density at radius 2 is 1.91 bits per heavy atom. The van der Waals surface area contributed by atoms with Gasteiger partial charge in [-0.15, -0.1) is 0 Å². The maximum absolute atomic E-state index is 11.3. The summed E-state index contributed by atoms with van der Waals surface area (Å²) in [5.41, 5.74) is 0.870. The molecule has 0 saturated heterocycles. The second-order valence-electron chi connectivity index (χ2n) is 5.07. The zero-order valence-electron chi connectivity index (χ0n) is 13.0. The Labute approximate surface area is 142 Å². The molecule has 0 aliphatic carbocycles. The van der Waals surface area contributed by atoms with E-state index in [1.54, 1.807) is 6.92 Å². The Bertz CT molecular complexity index is 728. The molecule has 0 fully saturated rings. The van der Waals surface area contributed by atoms with Gasteiger partial charge in [-0.1, -0.05) is 23.7 Å². The standard InChI is InChI=1S/C16H21ClN2O3S/c1-2-23(20,21)19-11-5-10-18-12-13-8-9-16(22-13)14-6-3-4-7-15(14)17/h3-4,6-9,18-19H,2,5,10-12H2,1H3. The van der Waals surface area contributed by atoms with Crippen LogP contribution < -0.4 is 10.0 Å². The molecule has 0 spiro atoms. The van der Waals surface area contributed by atoms with Gasteiger partial charge >= 0.3 is 0 Å². The van der Waals surface area contributed by atoms with Crippen molar-refractivity contribution < 1.29 is 12.8 Å². The van der Waals surface area contributed by atoms with Crippen molar-refractivity contribution in [3.8, 4) is 11.3 Å². The first kappa shape index (κ1) is 18.0. The summed E-state index contributed by atoms with van der Waals surface area (Å²) >= 11 is 6.15. The second-order valence-corrected chi connectivity index (χ2v) is 7.58. The number of halogens is 1. The van der Waals surface area contributed by atoms with Gasteiger partial charge in [-0.05, 0) is 44.2 Å². The van der Waals surface area contributed by atoms with Crippen LogP contribution in [0.5, 0.6) is 0 Å². The third-order valence-electron chi connectivity index (χ3n) is 3.33. The van der Waals surface area contributed by atoms with E-state index in [1.165, 1.54) is 0 Å². The molecule has 0 atom stereocenters. The lowest BCUT2D eigenvalue weighted by Gasteiger charge is -2.05. The summed E-state index contributed by atoms with van der Waals surface area (Å²) in [6.07, 6.45) is 0.720. The van der Waals surface area contributed by atoms with Crippen molar-refractivity contribution in [1.82, 2.24) is 10.0 Å². The van der Waals surface area contributed by atoms with E-state index in [2.05, 4.69) is 10.0 Å². The fourth-order valence-corrected chi connectivity index (χ4v) is 2.92. The van der Waals surface area contributed by atoms with Gasteiger partial charge < -0.3 is 9.73 Å². The molecule has 0 radical (unpaired) electrons. The first-order valence-corrected chi connectivity index (χ1v) is 9.56. The Hall–Kier alpha value is -1.34. The predicted molar refractivity (Wildman–Crippen MR) is 92.9 cm³/mol. The van der Waals surface area contributed by atoms with Crippen LogP contribution in [0.15, 0.2) is 40.8 Å². The Kier molecular flexibility index (Phi) is 6.65. The molecule has 0 unspecified atom stereocenters. The van der Waals surface area contributed by atoms with Crippen LogP contribution in [-0.4, -0.2) is 27.3 Å². The number of sulfonamides is 1. The van der Waals surface area contributed by atoms with Gasteiger partial charge in [0.15, 0.2) is 0 Å². The van der Waals surface area contributed by atoms with Crippen molar-refractivity contribution in [2.75, 3.05) is 18.8 Å². The van der Waals surface area contributed by atoms with Gasteiger partial charge in [-0.3, -0.25) is 0 Å². The summed E-state index contributed by atoms with van der Waals surface area (Å²) < 4.78 is 30.8. The molecule has 1 aromatic heterocycles. The molecular weight excluding hydrogens is 336 g/mol. The zero-order chi connectivity index (χ0) is 16.7. The lowest BCUT2D eigenvalue weighted by atomic mass is 10.2. The number of hydrogen-bond acceptors (Lipinski definition) is 4. The van der Waals surface area contributed by atoms with Crippen LogP contribution in [0, 0.1) is 0 Å². The lowest BCUT2D eigenvalue weighted by Crippen LogP contribution is -2.28. The van der Waals surface area contributed by atoms with E-state index in [0.29, 0.717) is 24.7 Å². The molecule has 126 valence electrons. The van der Waals surface area contributed by atoms with E-state index in [9.17, 15) is 8.42 Å². The van der Waals surface area contributed by atoms with Crippen LogP contribution in [0.3, 0.4) is 0 Å². The van der Waals surface area contributed by atoms with E-state index in [4.69, 9.17) is 16.0 Å². The largest absolute Gasteiger partial charge is 0.460 e. The van der Waals surface area contributed by atoms with Crippen LogP contribution >= 0.6 is 11.6 Å². The highest BCUT2D eigenvalue weighted by molar-refractivity contribution is 7.89. The monoisotopic (exact) mass is 356 g/mol. The van der Waals surface area contributed by atoms with E-state index in [-0.39, 0.29) is 5.75 Å². The van der Waals surface area contributed by atoms with E-state index < -0.39 is 10.0 Å². The van der Waals surface area contributed by atoms with Crippen molar-refractivity contribution in [1.29, 1.82) is 0 Å². The Morgan fingerprint density at radius 3 is 2.65 bits per heavy atom. The SMILES string of the molecule is CCS(=O)(=O)NCCCNCc1ccc(-c2ccccc2Cl)o1. The van der Waals surface area contributed by atoms with Gasteiger partial charge in [-0.25, -0.2) is 13.1 Å². The van der Waals surface area contributed by atoms with Gasteiger partial charge in [0.1, 0.15) is 11.5 Å². The van der Waals surface area contributed by atoms with Crippen molar-refractivity contribution in [2.45, 2.75) is 19.9 Å². The smallest absolute Gasteiger partial charge is 0.211 e. The average molecular weight is 357 g/mol. The maximum Gasteiger partial charge on any atom is 0.211 e. The van der Waals surface area contributed by atoms with Crippen molar-refractivity contribution in [3.05, 3.63) is 47.2 Å². The van der Waals surface area contributed by atoms with Crippen molar-refractivity contribution in [2.24, 2.45) is 0 Å². The van der Waals surface area contributed by atoms with Gasteiger partial charge in [0.2, 0.25) is 10.0 Å². The molecule has 23 heavy (non-hydrogen) atoms. The minimum atomic E-state index is -3.10. The minimum absolute atomic E-state index is 0.109. The molecule has 0 aliphatic rings. The van der Waals surface area contributed by atoms with Crippen LogP contribution in [0.2, 0.25) is 5.02 Å². The molecule has 0 saturated carbocycles. The molecule has 1 heterocycles. The topological polar surface area (TPSA) is 71.3 Å². The molecular formula is C16H21ClN2O3S. The highest BCUT2D eigenvalue weighted by Crippen LogP contribution is 2.28. The number of nitrogens with one attached hydrogen (secondary N) is 2. The molecule has 0 bridgehead atoms. The third-order valence-corrected chi connectivity index (χ3v) is 5.07. The van der Waals surface area contributed by atoms with Crippen molar-refractivity contribution >= 4 is 21.6 Å². The summed E-state index contributed by atoms with van der Waals surface area (Å²) in [5, 5.41) is 3.88. The van der Waals surface area contributed by atoms with E-state index in [1.807, 2.05) is 36.4 Å². The number of benzene rings is 1. The maximum atomic E-state index is 11.3. The highest BCUT2D eigenvalue weighted by Gasteiger charge is 2.08. The zero-order valence-corrected chi connectivity index (χ0v) is 14.6. The Balaban J connectivity index is 1.75. The molecule has 7 heteroatoms. The average Bonchev–Trinajstić information content (AvgIpc) is 3.00. The van der Waals surface area contributed by atoms with Crippen LogP contribution in [0.4, 0.5) is 0 Å². The number of furan rings is 1. The van der Waals surface area contributed by atoms with Crippen LogP contribution in [0.25, 0.3) is 11.3 Å². The summed E-state index contributed by atoms with van der Waals surface area (Å²) in [6, 6.07) is 11.3. The third kappa shape index (κ3) is 5.66. The predicted octanol–water partition coefficient (Wildman–Crippen LogP) is 3.02. The first-order chi connectivity index (χ1) is 11.0. The molecule has 5 nitrogen and oxygen atoms in total. The van der Waals surface area contributed by atoms with Crippen LogP contribution in [-0.2, 0) is 16.6 Å². The molecule has 0 aliphatic heterocycles. The molecule has 2 rings (SSSR count). The summed E-state index contributed by atoms with van der Waals surface area (Å²) in [7, 11) is -3.10. The van der Waals surface area contributed by atoms with E-state index in [0.717, 1.165) is 23.5 Å². The molecule has 1 aromatic carbocycles. The summed E-state index contributed by atoms with van der Waals surface area (Å²) in [4.78, 5) is 0. The minimum Gasteiger partial charge on any atom is -0.460 e. The fraction of sp³-hybridized carbons (Fsp3) is 0.375. The fourth-order valence-electron chi connectivity index (χ4n) is 2.03. The van der Waals surface area contributed by atoms with Gasteiger partial charge in [0.25, 0.3) is 0 Å². The quantitative estimate of drug-likeness (QED) is 0.677. The lowest BCUT2D eigenvalue weighted by molar-refractivity contribution is 0.490. The second kappa shape index (κ2) is 8.49. The highest BCUT2D eigenvalue weighted by atomic mass is 35.5. The first-order valence-electron chi connectivity index (χ1n) is 7.53. The van der Waals surface area contributed by atoms with Crippen molar-refractivity contribution in [3.63, 3.8) is 0 Å². The van der Waals surface area contributed by atoms with E-state index >= 15 is 0 Å². The number of hydrogen-bond donors (Lipinski definition) is 2. The van der Waals surface area contributed by atoms with Gasteiger partial charge in [0, 0.05) is 12.1 Å². The Morgan fingerprint density at radius 1 is 1.13 bits per heavy atom.